The molecule has 0 bridgehead atoms. The van der Waals surface area contributed by atoms with Crippen LogP contribution in [-0.4, -0.2) is 43.7 Å². The number of alkyl halides is 3. The van der Waals surface area contributed by atoms with Crippen molar-refractivity contribution < 1.29 is 48.4 Å². The third-order valence-electron chi connectivity index (χ3n) is 6.30. The molecule has 0 N–H and O–H groups in total. The fraction of sp³-hybridized carbons (Fsp3) is 0.280. The van der Waals surface area contributed by atoms with Gasteiger partial charge >= 0.3 is 15.6 Å². The molecule has 1 aliphatic rings. The van der Waals surface area contributed by atoms with Crippen LogP contribution in [0.2, 0.25) is 0 Å². The first-order valence-electron chi connectivity index (χ1n) is 11.3. The van der Waals surface area contributed by atoms with Crippen molar-refractivity contribution in [1.29, 1.82) is 0 Å². The maximum absolute atomic E-state index is 14.0. The summed E-state index contributed by atoms with van der Waals surface area (Å²) in [5.74, 6) is -1.09. The van der Waals surface area contributed by atoms with E-state index in [4.69, 9.17) is 14.2 Å². The molecule has 3 aromatic rings. The van der Waals surface area contributed by atoms with E-state index in [0.29, 0.717) is 17.1 Å². The first-order chi connectivity index (χ1) is 18.3. The second kappa shape index (κ2) is 10.2. The van der Waals surface area contributed by atoms with Crippen LogP contribution in [0.3, 0.4) is 0 Å². The lowest BCUT2D eigenvalue weighted by Gasteiger charge is -2.29. The SMILES string of the molecule is COc1ccc([C@@H]2[C@@H](C)c3cc(OS(=O)(=O)C(F)(F)F)c(OC)cc3N2S(=O)(=O)c2ccccc2)cc1OC. The van der Waals surface area contributed by atoms with Crippen molar-refractivity contribution >= 4 is 25.8 Å². The van der Waals surface area contributed by atoms with E-state index < -0.39 is 49.1 Å². The molecule has 3 aromatic carbocycles. The molecule has 9 nitrogen and oxygen atoms in total. The third kappa shape index (κ3) is 4.93. The Bertz CT molecular complexity index is 1590. The zero-order valence-electron chi connectivity index (χ0n) is 21.1. The normalized spacial score (nSPS) is 17.5. The Kier molecular flexibility index (Phi) is 7.38. The zero-order chi connectivity index (χ0) is 28.8. The van der Waals surface area contributed by atoms with E-state index in [-0.39, 0.29) is 16.1 Å². The van der Waals surface area contributed by atoms with Gasteiger partial charge in [0.2, 0.25) is 0 Å². The van der Waals surface area contributed by atoms with Gasteiger partial charge in [0.25, 0.3) is 10.0 Å². The molecule has 1 heterocycles. The minimum atomic E-state index is -6.03. The molecule has 14 heteroatoms. The fourth-order valence-electron chi connectivity index (χ4n) is 4.48. The number of rotatable bonds is 8. The molecule has 1 aliphatic heterocycles. The van der Waals surface area contributed by atoms with E-state index in [9.17, 15) is 30.0 Å². The van der Waals surface area contributed by atoms with Crippen molar-refractivity contribution in [2.45, 2.75) is 29.3 Å². The lowest BCUT2D eigenvalue weighted by atomic mass is 9.92. The largest absolute Gasteiger partial charge is 0.534 e. The number of anilines is 1. The van der Waals surface area contributed by atoms with Gasteiger partial charge < -0.3 is 18.4 Å². The number of halogens is 3. The van der Waals surface area contributed by atoms with Gasteiger partial charge in [-0.15, -0.1) is 0 Å². The third-order valence-corrected chi connectivity index (χ3v) is 9.07. The molecule has 4 rings (SSSR count). The van der Waals surface area contributed by atoms with Crippen LogP contribution >= 0.6 is 0 Å². The number of methoxy groups -OCH3 is 3. The summed E-state index contributed by atoms with van der Waals surface area (Å²) in [5.41, 5.74) is -4.89. The molecule has 0 aliphatic carbocycles. The molecular formula is C25H24F3NO8S2. The van der Waals surface area contributed by atoms with Gasteiger partial charge in [0.1, 0.15) is 0 Å². The number of nitrogens with zero attached hydrogens (tertiary/aromatic N) is 1. The summed E-state index contributed by atoms with van der Waals surface area (Å²) in [6.07, 6.45) is 0. The molecular weight excluding hydrogens is 563 g/mol. The van der Waals surface area contributed by atoms with E-state index in [2.05, 4.69) is 4.18 Å². The molecule has 0 amide bonds. The van der Waals surface area contributed by atoms with Crippen molar-refractivity contribution in [2.24, 2.45) is 0 Å². The number of sulfonamides is 1. The number of ether oxygens (including phenoxy) is 3. The van der Waals surface area contributed by atoms with Crippen molar-refractivity contribution in [3.05, 3.63) is 71.8 Å². The predicted molar refractivity (Wildman–Crippen MR) is 135 cm³/mol. The van der Waals surface area contributed by atoms with E-state index in [0.717, 1.165) is 23.5 Å². The van der Waals surface area contributed by atoms with Gasteiger partial charge in [-0.3, -0.25) is 4.31 Å². The van der Waals surface area contributed by atoms with Crippen LogP contribution in [0.4, 0.5) is 18.9 Å². The first kappa shape index (κ1) is 28.4. The summed E-state index contributed by atoms with van der Waals surface area (Å²) in [6, 6.07) is 13.7. The van der Waals surface area contributed by atoms with E-state index in [1.165, 1.54) is 26.4 Å². The lowest BCUT2D eigenvalue weighted by Crippen LogP contribution is -2.33. The average Bonchev–Trinajstić information content (AvgIpc) is 3.19. The Morgan fingerprint density at radius 3 is 1.92 bits per heavy atom. The monoisotopic (exact) mass is 587 g/mol. The average molecular weight is 588 g/mol. The summed E-state index contributed by atoms with van der Waals surface area (Å²) < 4.78 is 112. The minimum absolute atomic E-state index is 0.0329. The highest BCUT2D eigenvalue weighted by atomic mass is 32.2. The summed E-state index contributed by atoms with van der Waals surface area (Å²) in [7, 11) is -6.32. The Morgan fingerprint density at radius 1 is 0.769 bits per heavy atom. The Morgan fingerprint density at radius 2 is 1.36 bits per heavy atom. The van der Waals surface area contributed by atoms with Gasteiger partial charge in [0.05, 0.1) is 38.0 Å². The predicted octanol–water partition coefficient (Wildman–Crippen LogP) is 4.99. The van der Waals surface area contributed by atoms with Gasteiger partial charge in [-0.05, 0) is 41.5 Å². The molecule has 0 aromatic heterocycles. The molecule has 0 fully saturated rings. The zero-order valence-corrected chi connectivity index (χ0v) is 22.7. The van der Waals surface area contributed by atoms with E-state index >= 15 is 0 Å². The summed E-state index contributed by atoms with van der Waals surface area (Å²) in [6.45, 7) is 1.66. The van der Waals surface area contributed by atoms with Crippen molar-refractivity contribution in [2.75, 3.05) is 25.6 Å². The Balaban J connectivity index is 1.96. The van der Waals surface area contributed by atoms with Gasteiger partial charge in [0, 0.05) is 12.0 Å². The van der Waals surface area contributed by atoms with Crippen molar-refractivity contribution in [3.8, 4) is 23.0 Å². The molecule has 0 unspecified atom stereocenters. The van der Waals surface area contributed by atoms with Crippen LogP contribution in [0.1, 0.15) is 30.0 Å². The van der Waals surface area contributed by atoms with Crippen molar-refractivity contribution in [1.82, 2.24) is 0 Å². The minimum Gasteiger partial charge on any atom is -0.493 e. The standard InChI is InChI=1S/C25H24F3NO8S2/c1-15-18-13-23(37-39(32,33)25(26,27)28)22(36-4)14-19(18)29(38(30,31)17-8-6-5-7-9-17)24(15)16-10-11-20(34-2)21(12-16)35-3/h5-15,24H,1-4H3/t15-,24-/m0/s1. The van der Waals surface area contributed by atoms with Crippen LogP contribution in [-0.2, 0) is 20.1 Å². The highest BCUT2D eigenvalue weighted by Crippen LogP contribution is 2.55. The summed E-state index contributed by atoms with van der Waals surface area (Å²) in [5, 5.41) is 0. The molecule has 0 radical (unpaired) electrons. The van der Waals surface area contributed by atoms with E-state index in [1.54, 1.807) is 43.3 Å². The lowest BCUT2D eigenvalue weighted by molar-refractivity contribution is -0.0500. The van der Waals surface area contributed by atoms with Crippen LogP contribution in [0, 0.1) is 0 Å². The smallest absolute Gasteiger partial charge is 0.493 e. The Labute approximate surface area is 223 Å². The van der Waals surface area contributed by atoms with Gasteiger partial charge in [-0.1, -0.05) is 31.2 Å². The van der Waals surface area contributed by atoms with Crippen LogP contribution < -0.4 is 22.7 Å². The maximum Gasteiger partial charge on any atom is 0.534 e. The molecule has 0 saturated carbocycles. The Hall–Kier alpha value is -3.65. The van der Waals surface area contributed by atoms with Crippen LogP contribution in [0.15, 0.2) is 65.6 Å². The summed E-state index contributed by atoms with van der Waals surface area (Å²) >= 11 is 0. The number of hydrogen-bond donors (Lipinski definition) is 0. The second-order valence-corrected chi connectivity index (χ2v) is 11.9. The highest BCUT2D eigenvalue weighted by molar-refractivity contribution is 7.92. The van der Waals surface area contributed by atoms with Gasteiger partial charge in [-0.25, -0.2) is 8.42 Å². The first-order valence-corrected chi connectivity index (χ1v) is 14.2. The van der Waals surface area contributed by atoms with Crippen LogP contribution in [0.5, 0.6) is 23.0 Å². The molecule has 39 heavy (non-hydrogen) atoms. The quantitative estimate of drug-likeness (QED) is 0.268. The summed E-state index contributed by atoms with van der Waals surface area (Å²) in [4.78, 5) is -0.0329. The molecule has 210 valence electrons. The number of benzene rings is 3. The highest BCUT2D eigenvalue weighted by Gasteiger charge is 2.50. The van der Waals surface area contributed by atoms with E-state index in [1.807, 2.05) is 0 Å². The van der Waals surface area contributed by atoms with Crippen molar-refractivity contribution in [3.63, 3.8) is 0 Å². The van der Waals surface area contributed by atoms with Gasteiger partial charge in [-0.2, -0.15) is 21.6 Å². The second-order valence-electron chi connectivity index (χ2n) is 8.51. The number of fused-ring (bicyclic) bond motifs is 1. The maximum atomic E-state index is 14.0. The molecule has 0 saturated heterocycles. The van der Waals surface area contributed by atoms with Gasteiger partial charge in [0.15, 0.2) is 23.0 Å². The van der Waals surface area contributed by atoms with Crippen LogP contribution in [0.25, 0.3) is 0 Å². The molecule has 2 atom stereocenters. The topological polar surface area (TPSA) is 108 Å². The molecule has 0 spiro atoms. The number of hydrogen-bond acceptors (Lipinski definition) is 8. The fourth-order valence-corrected chi connectivity index (χ4v) is 6.69.